The third-order valence-electron chi connectivity index (χ3n) is 5.33. The van der Waals surface area contributed by atoms with Crippen molar-refractivity contribution in [2.45, 2.75) is 39.8 Å². The van der Waals surface area contributed by atoms with Crippen LogP contribution < -0.4 is 5.32 Å². The van der Waals surface area contributed by atoms with Gasteiger partial charge in [-0.3, -0.25) is 9.69 Å². The smallest absolute Gasteiger partial charge is 0.239 e. The number of hydrogen-bond donors (Lipinski definition) is 1. The summed E-state index contributed by atoms with van der Waals surface area (Å²) in [5.74, 6) is 0.749. The second-order valence-corrected chi connectivity index (χ2v) is 7.41. The Hall–Kier alpha value is -0.690. The second kappa shape index (κ2) is 9.70. The van der Waals surface area contributed by atoms with Gasteiger partial charge in [0.05, 0.1) is 19.3 Å². The van der Waals surface area contributed by atoms with Crippen molar-refractivity contribution in [2.75, 3.05) is 65.6 Å². The van der Waals surface area contributed by atoms with Crippen molar-refractivity contribution in [3.8, 4) is 0 Å². The number of hydrogen-bond acceptors (Lipinski definition) is 5. The minimum Gasteiger partial charge on any atom is -0.379 e. The zero-order valence-electron chi connectivity index (χ0n) is 16.0. The Labute approximate surface area is 147 Å². The van der Waals surface area contributed by atoms with E-state index in [9.17, 15) is 4.79 Å². The molecule has 0 spiro atoms. The Balaban J connectivity index is 1.82. The molecule has 2 aliphatic heterocycles. The Morgan fingerprint density at radius 2 is 1.62 bits per heavy atom. The van der Waals surface area contributed by atoms with Crippen molar-refractivity contribution in [1.29, 1.82) is 0 Å². The van der Waals surface area contributed by atoms with Gasteiger partial charge in [0, 0.05) is 51.9 Å². The molecule has 0 aromatic carbocycles. The van der Waals surface area contributed by atoms with E-state index in [-0.39, 0.29) is 11.9 Å². The van der Waals surface area contributed by atoms with Crippen LogP contribution in [0, 0.1) is 5.92 Å². The summed E-state index contributed by atoms with van der Waals surface area (Å²) < 4.78 is 5.43. The van der Waals surface area contributed by atoms with Crippen molar-refractivity contribution < 1.29 is 9.53 Å². The maximum Gasteiger partial charge on any atom is 0.239 e. The SMILES string of the molecule is CCN1CCN(C(=O)[C@H](C)N[C@@H](CN2CCOCC2)C(C)C)CC1. The van der Waals surface area contributed by atoms with Crippen LogP contribution in [-0.4, -0.2) is 98.3 Å². The molecule has 0 aliphatic carbocycles. The number of rotatable bonds is 7. The molecular weight excluding hydrogens is 304 g/mol. The molecule has 0 bridgehead atoms. The largest absolute Gasteiger partial charge is 0.379 e. The van der Waals surface area contributed by atoms with E-state index in [1.807, 2.05) is 11.8 Å². The van der Waals surface area contributed by atoms with E-state index in [1.165, 1.54) is 0 Å². The lowest BCUT2D eigenvalue weighted by molar-refractivity contribution is -0.135. The Morgan fingerprint density at radius 1 is 1.00 bits per heavy atom. The first kappa shape index (κ1) is 19.6. The van der Waals surface area contributed by atoms with E-state index in [2.05, 4.69) is 35.9 Å². The maximum atomic E-state index is 12.8. The molecule has 2 fully saturated rings. The van der Waals surface area contributed by atoms with Crippen LogP contribution in [0.25, 0.3) is 0 Å². The second-order valence-electron chi connectivity index (χ2n) is 7.41. The van der Waals surface area contributed by atoms with Crippen molar-refractivity contribution >= 4 is 5.91 Å². The monoisotopic (exact) mass is 340 g/mol. The maximum absolute atomic E-state index is 12.8. The lowest BCUT2D eigenvalue weighted by atomic mass is 10.0. The van der Waals surface area contributed by atoms with Crippen LogP contribution in [0.2, 0.25) is 0 Å². The molecule has 6 heteroatoms. The molecule has 2 rings (SSSR count). The van der Waals surface area contributed by atoms with Gasteiger partial charge in [-0.05, 0) is 19.4 Å². The molecule has 2 aliphatic rings. The van der Waals surface area contributed by atoms with Crippen molar-refractivity contribution in [3.63, 3.8) is 0 Å². The van der Waals surface area contributed by atoms with Crippen LogP contribution >= 0.6 is 0 Å². The first-order valence-corrected chi connectivity index (χ1v) is 9.58. The van der Waals surface area contributed by atoms with Gasteiger partial charge in [-0.1, -0.05) is 20.8 Å². The highest BCUT2D eigenvalue weighted by Crippen LogP contribution is 2.10. The van der Waals surface area contributed by atoms with Gasteiger partial charge >= 0.3 is 0 Å². The summed E-state index contributed by atoms with van der Waals surface area (Å²) >= 11 is 0. The molecule has 2 heterocycles. The zero-order valence-corrected chi connectivity index (χ0v) is 16.0. The van der Waals surface area contributed by atoms with Crippen LogP contribution in [-0.2, 0) is 9.53 Å². The summed E-state index contributed by atoms with van der Waals surface area (Å²) in [7, 11) is 0. The minimum absolute atomic E-state index is 0.119. The number of morpholine rings is 1. The van der Waals surface area contributed by atoms with E-state index in [0.29, 0.717) is 12.0 Å². The van der Waals surface area contributed by atoms with Crippen LogP contribution in [0.4, 0.5) is 0 Å². The molecule has 140 valence electrons. The zero-order chi connectivity index (χ0) is 17.5. The fraction of sp³-hybridized carbons (Fsp3) is 0.944. The van der Waals surface area contributed by atoms with Gasteiger partial charge in [0.15, 0.2) is 0 Å². The molecule has 0 aromatic heterocycles. The van der Waals surface area contributed by atoms with Gasteiger partial charge in [-0.15, -0.1) is 0 Å². The first-order valence-electron chi connectivity index (χ1n) is 9.58. The number of ether oxygens (including phenoxy) is 1. The van der Waals surface area contributed by atoms with Crippen molar-refractivity contribution in [3.05, 3.63) is 0 Å². The van der Waals surface area contributed by atoms with E-state index in [4.69, 9.17) is 4.74 Å². The molecule has 2 atom stereocenters. The molecule has 0 unspecified atom stereocenters. The molecule has 0 saturated carbocycles. The van der Waals surface area contributed by atoms with Gasteiger partial charge in [0.2, 0.25) is 5.91 Å². The Morgan fingerprint density at radius 3 is 2.17 bits per heavy atom. The van der Waals surface area contributed by atoms with Crippen LogP contribution in [0.3, 0.4) is 0 Å². The van der Waals surface area contributed by atoms with Gasteiger partial charge in [0.1, 0.15) is 0 Å². The summed E-state index contributed by atoms with van der Waals surface area (Å²) in [5, 5.41) is 3.60. The van der Waals surface area contributed by atoms with Gasteiger partial charge in [-0.25, -0.2) is 0 Å². The summed E-state index contributed by atoms with van der Waals surface area (Å²) in [6.07, 6.45) is 0. The van der Waals surface area contributed by atoms with E-state index >= 15 is 0 Å². The molecule has 0 aromatic rings. The van der Waals surface area contributed by atoms with Crippen molar-refractivity contribution in [1.82, 2.24) is 20.0 Å². The van der Waals surface area contributed by atoms with Gasteiger partial charge < -0.3 is 19.9 Å². The third kappa shape index (κ3) is 5.69. The lowest BCUT2D eigenvalue weighted by Gasteiger charge is -2.37. The summed E-state index contributed by atoms with van der Waals surface area (Å²) in [4.78, 5) is 19.6. The predicted molar refractivity (Wildman–Crippen MR) is 97.2 cm³/mol. The lowest BCUT2D eigenvalue weighted by Crippen LogP contribution is -2.57. The fourth-order valence-electron chi connectivity index (χ4n) is 3.47. The standard InChI is InChI=1S/C18H36N4O2/c1-5-20-6-8-22(9-7-20)18(23)16(4)19-17(15(2)3)14-21-10-12-24-13-11-21/h15-17,19H,5-14H2,1-4H3/t16-,17-/m0/s1. The van der Waals surface area contributed by atoms with Gasteiger partial charge in [0.25, 0.3) is 0 Å². The van der Waals surface area contributed by atoms with Crippen LogP contribution in [0.1, 0.15) is 27.7 Å². The Bertz CT molecular complexity index is 377. The molecule has 2 saturated heterocycles. The minimum atomic E-state index is -0.119. The van der Waals surface area contributed by atoms with Gasteiger partial charge in [-0.2, -0.15) is 0 Å². The molecule has 6 nitrogen and oxygen atoms in total. The highest BCUT2D eigenvalue weighted by Gasteiger charge is 2.27. The molecular formula is C18H36N4O2. The number of amides is 1. The number of nitrogens with zero attached hydrogens (tertiary/aromatic N) is 3. The summed E-state index contributed by atoms with van der Waals surface area (Å²) in [6.45, 7) is 18.1. The topological polar surface area (TPSA) is 48.0 Å². The predicted octanol–water partition coefficient (Wildman–Crippen LogP) is 0.485. The normalized spacial score (nSPS) is 23.5. The quantitative estimate of drug-likeness (QED) is 0.731. The number of nitrogens with one attached hydrogen (secondary N) is 1. The van der Waals surface area contributed by atoms with Crippen LogP contribution in [0.5, 0.6) is 0 Å². The average molecular weight is 341 g/mol. The number of piperazine rings is 1. The molecule has 1 amide bonds. The van der Waals surface area contributed by atoms with Crippen LogP contribution in [0.15, 0.2) is 0 Å². The first-order chi connectivity index (χ1) is 11.5. The van der Waals surface area contributed by atoms with E-state index < -0.39 is 0 Å². The number of carbonyl (C=O) groups excluding carboxylic acids is 1. The fourth-order valence-corrected chi connectivity index (χ4v) is 3.47. The number of likely N-dealkylation sites (N-methyl/N-ethyl adjacent to an activating group) is 1. The van der Waals surface area contributed by atoms with E-state index in [1.54, 1.807) is 0 Å². The summed E-state index contributed by atoms with van der Waals surface area (Å²) in [5.41, 5.74) is 0. The molecule has 1 N–H and O–H groups in total. The average Bonchev–Trinajstić information content (AvgIpc) is 2.61. The highest BCUT2D eigenvalue weighted by atomic mass is 16.5. The molecule has 24 heavy (non-hydrogen) atoms. The highest BCUT2D eigenvalue weighted by molar-refractivity contribution is 5.81. The molecule has 0 radical (unpaired) electrons. The van der Waals surface area contributed by atoms with Crippen molar-refractivity contribution in [2.24, 2.45) is 5.92 Å². The summed E-state index contributed by atoms with van der Waals surface area (Å²) in [6, 6.07) is 0.214. The third-order valence-corrected chi connectivity index (χ3v) is 5.33. The number of carbonyl (C=O) groups is 1. The Kier molecular flexibility index (Phi) is 7.94. The van der Waals surface area contributed by atoms with E-state index in [0.717, 1.165) is 65.6 Å².